The van der Waals surface area contributed by atoms with E-state index in [9.17, 15) is 24.6 Å². The molecule has 0 saturated heterocycles. The minimum absolute atomic E-state index is 0.0680. The number of rotatable bonds is 17. The van der Waals surface area contributed by atoms with Crippen LogP contribution in [0.2, 0.25) is 1.41 Å². The number of nitrogens with one attached hydrogen (secondary N) is 2. The Kier molecular flexibility index (Phi) is 12.8. The average Bonchev–Trinajstić information content (AvgIpc) is 2.88. The standard InChI is InChI=1S/C32H52N2O7/c1-11-33-24(18-20(3)4)26(36)25(21(5)6)32(34-12-2,27(37)22(7)35)28(38)31(40,29(39)41-30(8,9)10)19-23-16-14-13-15-17-23/h13-17,20-22,24-25,33-35,40H,11-12,18-19H2,1-10H3/t22-,24+,25?,31?,32-/m1/s1/i/hD. The van der Waals surface area contributed by atoms with Gasteiger partial charge in [0.25, 0.3) is 0 Å². The highest BCUT2D eigenvalue weighted by atomic mass is 16.6. The first-order chi connectivity index (χ1) is 19.3. The SMILES string of the molecule is [2H]N(CC)[C@](C(=O)[C@@H](C)O)(C(=O)C(O)(Cc1ccccc1)C(=O)OC(C)(C)C)C(C(=O)[C@H](CC(C)C)NCC)C(C)C. The van der Waals surface area contributed by atoms with Gasteiger partial charge in [-0.15, -0.1) is 0 Å². The molecule has 0 spiro atoms. The van der Waals surface area contributed by atoms with E-state index in [0.29, 0.717) is 23.8 Å². The number of hydrogen-bond donors (Lipinski definition) is 4. The number of aliphatic hydroxyl groups excluding tert-OH is 1. The number of benzene rings is 1. The number of aliphatic hydroxyl groups is 2. The number of carbonyl (C=O) groups is 4. The number of Topliss-reactive ketones (excluding diaryl/α,β-unsaturated/α-hetero) is 3. The van der Waals surface area contributed by atoms with Crippen molar-refractivity contribution >= 4 is 23.3 Å². The molecule has 0 radical (unpaired) electrons. The van der Waals surface area contributed by atoms with E-state index in [-0.39, 0.29) is 12.5 Å². The third-order valence-corrected chi connectivity index (χ3v) is 6.85. The van der Waals surface area contributed by atoms with E-state index < -0.39 is 70.5 Å². The maximum atomic E-state index is 15.0. The van der Waals surface area contributed by atoms with Crippen LogP contribution in [0.1, 0.15) is 81.2 Å². The van der Waals surface area contributed by atoms with Crippen LogP contribution in [0, 0.1) is 17.8 Å². The fourth-order valence-electron chi connectivity index (χ4n) is 5.29. The summed E-state index contributed by atoms with van der Waals surface area (Å²) in [5, 5.41) is 26.7. The molecule has 4 N–H and O–H groups in total. The molecule has 1 rings (SSSR count). The molecule has 9 heteroatoms. The van der Waals surface area contributed by atoms with Crippen molar-refractivity contribution in [1.82, 2.24) is 10.6 Å². The Balaban J connectivity index is 4.21. The lowest BCUT2D eigenvalue weighted by atomic mass is 9.63. The molecule has 5 atom stereocenters. The monoisotopic (exact) mass is 577 g/mol. The van der Waals surface area contributed by atoms with E-state index in [1.165, 1.54) is 6.92 Å². The third-order valence-electron chi connectivity index (χ3n) is 6.85. The summed E-state index contributed by atoms with van der Waals surface area (Å²) in [7, 11) is 0. The molecule has 9 nitrogen and oxygen atoms in total. The number of ketones is 3. The first-order valence-corrected chi connectivity index (χ1v) is 14.6. The summed E-state index contributed by atoms with van der Waals surface area (Å²) in [5.74, 6) is -6.49. The lowest BCUT2D eigenvalue weighted by Gasteiger charge is -2.45. The molecule has 0 amide bonds. The van der Waals surface area contributed by atoms with E-state index in [0.717, 1.165) is 6.92 Å². The van der Waals surface area contributed by atoms with Gasteiger partial charge in [-0.25, -0.2) is 4.79 Å². The van der Waals surface area contributed by atoms with Gasteiger partial charge < -0.3 is 20.3 Å². The number of ether oxygens (including phenoxy) is 1. The Morgan fingerprint density at radius 3 is 1.95 bits per heavy atom. The van der Waals surface area contributed by atoms with Crippen LogP contribution < -0.4 is 10.6 Å². The molecule has 41 heavy (non-hydrogen) atoms. The Bertz CT molecular complexity index is 1070. The smallest absolute Gasteiger partial charge is 0.346 e. The molecule has 0 saturated carbocycles. The van der Waals surface area contributed by atoms with Gasteiger partial charge >= 0.3 is 5.97 Å². The Morgan fingerprint density at radius 2 is 1.54 bits per heavy atom. The van der Waals surface area contributed by atoms with Gasteiger partial charge in [0.1, 0.15) is 13.1 Å². The van der Waals surface area contributed by atoms with Gasteiger partial charge in [0, 0.05) is 6.42 Å². The van der Waals surface area contributed by atoms with Crippen LogP contribution in [-0.2, 0) is 30.3 Å². The van der Waals surface area contributed by atoms with Crippen LogP contribution >= 0.6 is 0 Å². The van der Waals surface area contributed by atoms with Crippen LogP contribution in [0.5, 0.6) is 0 Å². The van der Waals surface area contributed by atoms with Crippen LogP contribution in [0.25, 0.3) is 0 Å². The van der Waals surface area contributed by atoms with E-state index in [1.807, 2.05) is 20.8 Å². The predicted molar refractivity (Wildman–Crippen MR) is 159 cm³/mol. The lowest BCUT2D eigenvalue weighted by Crippen LogP contribution is -2.75. The van der Waals surface area contributed by atoms with Crippen LogP contribution in [-0.4, -0.2) is 75.5 Å². The second-order valence-corrected chi connectivity index (χ2v) is 12.5. The number of esters is 1. The van der Waals surface area contributed by atoms with Crippen molar-refractivity contribution in [1.29, 1.82) is 0 Å². The molecule has 2 unspecified atom stereocenters. The summed E-state index contributed by atoms with van der Waals surface area (Å²) < 4.78 is 14.5. The molecule has 232 valence electrons. The number of carbonyl (C=O) groups excluding carboxylic acids is 4. The molecule has 0 aliphatic heterocycles. The third kappa shape index (κ3) is 9.01. The van der Waals surface area contributed by atoms with Gasteiger partial charge in [-0.05, 0) is 64.6 Å². The Morgan fingerprint density at radius 1 is 0.976 bits per heavy atom. The van der Waals surface area contributed by atoms with Crippen molar-refractivity contribution in [3.63, 3.8) is 0 Å². The van der Waals surface area contributed by atoms with E-state index in [1.54, 1.807) is 65.0 Å². The van der Waals surface area contributed by atoms with Crippen LogP contribution in [0.15, 0.2) is 30.3 Å². The summed E-state index contributed by atoms with van der Waals surface area (Å²) in [6.07, 6.45) is -1.99. The maximum absolute atomic E-state index is 15.0. The molecule has 0 aromatic heterocycles. The quantitative estimate of drug-likeness (QED) is 0.162. The topological polar surface area (TPSA) is 142 Å². The maximum Gasteiger partial charge on any atom is 0.346 e. The Hall–Kier alpha value is -2.46. The molecule has 0 heterocycles. The molecular formula is C32H52N2O7. The summed E-state index contributed by atoms with van der Waals surface area (Å²) in [5.41, 5.74) is -6.43. The minimum Gasteiger partial charge on any atom is -0.457 e. The first-order valence-electron chi connectivity index (χ1n) is 15.1. The average molecular weight is 578 g/mol. The zero-order valence-electron chi connectivity index (χ0n) is 27.5. The van der Waals surface area contributed by atoms with Crippen molar-refractivity contribution in [3.8, 4) is 0 Å². The molecule has 0 aliphatic rings. The van der Waals surface area contributed by atoms with Crippen LogP contribution in [0.3, 0.4) is 0 Å². The highest BCUT2D eigenvalue weighted by Gasteiger charge is 2.64. The van der Waals surface area contributed by atoms with Gasteiger partial charge in [0.15, 0.2) is 17.1 Å². The summed E-state index contributed by atoms with van der Waals surface area (Å²) >= 11 is 0. The fraction of sp³-hybridized carbons (Fsp3) is 0.688. The normalized spacial score (nSPS) is 17.8. The summed E-state index contributed by atoms with van der Waals surface area (Å²) in [6.45, 7) is 16.6. The number of likely N-dealkylation sites (N-methyl/N-ethyl adjacent to an activating group) is 2. The second-order valence-electron chi connectivity index (χ2n) is 12.5. The van der Waals surface area contributed by atoms with Crippen molar-refractivity contribution in [2.24, 2.45) is 17.8 Å². The molecule has 0 aliphatic carbocycles. The van der Waals surface area contributed by atoms with E-state index in [4.69, 9.17) is 6.15 Å². The number of hydrogen-bond acceptors (Lipinski definition) is 9. The van der Waals surface area contributed by atoms with E-state index >= 15 is 4.79 Å². The molecule has 0 bridgehead atoms. The second kappa shape index (κ2) is 15.1. The van der Waals surface area contributed by atoms with E-state index in [2.05, 4.69) is 5.32 Å². The summed E-state index contributed by atoms with van der Waals surface area (Å²) in [6, 6.07) is 7.48. The molecule has 0 fully saturated rings. The molecule has 1 aromatic rings. The Labute approximate surface area is 247 Å². The fourth-order valence-corrected chi connectivity index (χ4v) is 5.29. The van der Waals surface area contributed by atoms with Crippen molar-refractivity contribution in [3.05, 3.63) is 35.9 Å². The lowest BCUT2D eigenvalue weighted by molar-refractivity contribution is -0.184. The van der Waals surface area contributed by atoms with Crippen LogP contribution in [0.4, 0.5) is 0 Å². The first kappa shape index (κ1) is 34.7. The zero-order valence-corrected chi connectivity index (χ0v) is 26.5. The van der Waals surface area contributed by atoms with Crippen molar-refractivity contribution in [2.45, 2.75) is 111 Å². The van der Waals surface area contributed by atoms with Gasteiger partial charge in [0.05, 0.1) is 12.0 Å². The zero-order chi connectivity index (χ0) is 32.6. The largest absolute Gasteiger partial charge is 0.457 e. The van der Waals surface area contributed by atoms with Gasteiger partial charge in [-0.2, -0.15) is 0 Å². The van der Waals surface area contributed by atoms with Crippen molar-refractivity contribution in [2.75, 3.05) is 13.1 Å². The highest BCUT2D eigenvalue weighted by molar-refractivity contribution is 6.24. The summed E-state index contributed by atoms with van der Waals surface area (Å²) in [4.78, 5) is 57.4. The van der Waals surface area contributed by atoms with Gasteiger partial charge in [-0.1, -0.05) is 71.9 Å². The molecular weight excluding hydrogens is 524 g/mol. The van der Waals surface area contributed by atoms with Gasteiger partial charge in [0.2, 0.25) is 11.4 Å². The predicted octanol–water partition coefficient (Wildman–Crippen LogP) is 3.03. The van der Waals surface area contributed by atoms with Gasteiger partial charge in [-0.3, -0.25) is 19.7 Å². The highest BCUT2D eigenvalue weighted by Crippen LogP contribution is 2.37. The van der Waals surface area contributed by atoms with Crippen molar-refractivity contribution < 1.29 is 35.5 Å². The minimum atomic E-state index is -2.98. The molecule has 1 aromatic carbocycles.